The number of carbonyl (C=O) groups excluding carboxylic acids is 1. The summed E-state index contributed by atoms with van der Waals surface area (Å²) in [6.45, 7) is 1.34. The van der Waals surface area contributed by atoms with Crippen molar-refractivity contribution in [3.63, 3.8) is 0 Å². The van der Waals surface area contributed by atoms with Crippen LogP contribution in [0.15, 0.2) is 65.6 Å². The van der Waals surface area contributed by atoms with E-state index in [9.17, 15) is 4.79 Å². The average Bonchev–Trinajstić information content (AvgIpc) is 2.56. The molecule has 0 fully saturated rings. The van der Waals surface area contributed by atoms with Gasteiger partial charge in [-0.05, 0) is 29.9 Å². The summed E-state index contributed by atoms with van der Waals surface area (Å²) in [6, 6.07) is 20.3. The second-order valence-electron chi connectivity index (χ2n) is 5.09. The zero-order valence-corrected chi connectivity index (χ0v) is 13.7. The van der Waals surface area contributed by atoms with E-state index < -0.39 is 0 Å². The Morgan fingerprint density at radius 1 is 1.05 bits per heavy atom. The lowest BCUT2D eigenvalue weighted by atomic mass is 10.2. The van der Waals surface area contributed by atoms with Gasteiger partial charge >= 0.3 is 6.03 Å². The fourth-order valence-electron chi connectivity index (χ4n) is 2.04. The number of amides is 2. The molecule has 116 valence electrons. The van der Waals surface area contributed by atoms with Crippen molar-refractivity contribution in [1.82, 2.24) is 10.2 Å². The van der Waals surface area contributed by atoms with E-state index in [1.54, 1.807) is 4.90 Å². The van der Waals surface area contributed by atoms with Crippen LogP contribution >= 0.6 is 11.8 Å². The zero-order chi connectivity index (χ0) is 15.6. The highest BCUT2D eigenvalue weighted by atomic mass is 32.2. The first-order chi connectivity index (χ1) is 10.8. The Morgan fingerprint density at radius 2 is 1.68 bits per heavy atom. The normalized spacial score (nSPS) is 10.2. The van der Waals surface area contributed by atoms with Crippen LogP contribution < -0.4 is 5.32 Å². The Bertz CT molecular complexity index is 560. The third-order valence-corrected chi connectivity index (χ3v) is 4.32. The standard InChI is InChI=1S/C18H22N2OS/c1-20(15-16-9-4-2-5-10-16)18(21)19-13-8-14-22-17-11-6-3-7-12-17/h2-7,9-12H,8,13-15H2,1H3,(H,19,21). The molecule has 4 heteroatoms. The molecule has 2 aromatic rings. The molecule has 2 amide bonds. The Balaban J connectivity index is 1.61. The van der Waals surface area contributed by atoms with Gasteiger partial charge in [-0.1, -0.05) is 48.5 Å². The lowest BCUT2D eigenvalue weighted by molar-refractivity contribution is 0.207. The first-order valence-corrected chi connectivity index (χ1v) is 8.45. The highest BCUT2D eigenvalue weighted by Crippen LogP contribution is 2.17. The highest BCUT2D eigenvalue weighted by Gasteiger charge is 2.07. The molecule has 0 saturated carbocycles. The predicted molar refractivity (Wildman–Crippen MR) is 93.1 cm³/mol. The van der Waals surface area contributed by atoms with Crippen molar-refractivity contribution < 1.29 is 4.79 Å². The maximum Gasteiger partial charge on any atom is 0.317 e. The van der Waals surface area contributed by atoms with E-state index in [2.05, 4.69) is 17.4 Å². The molecule has 0 aromatic heterocycles. The van der Waals surface area contributed by atoms with Crippen molar-refractivity contribution in [3.8, 4) is 0 Å². The number of nitrogens with zero attached hydrogens (tertiary/aromatic N) is 1. The monoisotopic (exact) mass is 314 g/mol. The summed E-state index contributed by atoms with van der Waals surface area (Å²) in [5.74, 6) is 1.01. The quantitative estimate of drug-likeness (QED) is 0.618. The van der Waals surface area contributed by atoms with Gasteiger partial charge in [0.15, 0.2) is 0 Å². The van der Waals surface area contributed by atoms with E-state index in [1.807, 2.05) is 67.3 Å². The number of carbonyl (C=O) groups is 1. The van der Waals surface area contributed by atoms with Crippen LogP contribution in [-0.2, 0) is 6.54 Å². The van der Waals surface area contributed by atoms with Crippen molar-refractivity contribution in [2.75, 3.05) is 19.3 Å². The van der Waals surface area contributed by atoms with Crippen LogP contribution in [0.1, 0.15) is 12.0 Å². The topological polar surface area (TPSA) is 32.3 Å². The maximum absolute atomic E-state index is 12.0. The van der Waals surface area contributed by atoms with Gasteiger partial charge in [-0.15, -0.1) is 11.8 Å². The minimum absolute atomic E-state index is 0.0198. The Hall–Kier alpha value is -1.94. The van der Waals surface area contributed by atoms with Crippen molar-refractivity contribution in [2.45, 2.75) is 17.9 Å². The molecule has 0 aliphatic heterocycles. The van der Waals surface area contributed by atoms with Gasteiger partial charge in [0, 0.05) is 25.0 Å². The van der Waals surface area contributed by atoms with E-state index >= 15 is 0 Å². The van der Waals surface area contributed by atoms with Gasteiger partial charge in [0.25, 0.3) is 0 Å². The van der Waals surface area contributed by atoms with E-state index in [-0.39, 0.29) is 6.03 Å². The molecule has 0 unspecified atom stereocenters. The summed E-state index contributed by atoms with van der Waals surface area (Å²) >= 11 is 1.82. The van der Waals surface area contributed by atoms with Crippen molar-refractivity contribution in [1.29, 1.82) is 0 Å². The minimum Gasteiger partial charge on any atom is -0.338 e. The van der Waals surface area contributed by atoms with Gasteiger partial charge < -0.3 is 10.2 Å². The second-order valence-corrected chi connectivity index (χ2v) is 6.26. The number of benzene rings is 2. The maximum atomic E-state index is 12.0. The second kappa shape index (κ2) is 9.15. The third-order valence-electron chi connectivity index (χ3n) is 3.22. The van der Waals surface area contributed by atoms with Gasteiger partial charge in [-0.2, -0.15) is 0 Å². The smallest absolute Gasteiger partial charge is 0.317 e. The van der Waals surface area contributed by atoms with Crippen LogP contribution in [0.2, 0.25) is 0 Å². The molecule has 0 aliphatic rings. The van der Waals surface area contributed by atoms with E-state index in [1.165, 1.54) is 4.90 Å². The Labute approximate surface area is 136 Å². The summed E-state index contributed by atoms with van der Waals surface area (Å²) in [4.78, 5) is 15.0. The van der Waals surface area contributed by atoms with Crippen molar-refractivity contribution >= 4 is 17.8 Å². The van der Waals surface area contributed by atoms with Crippen LogP contribution in [0.25, 0.3) is 0 Å². The van der Waals surface area contributed by atoms with Crippen molar-refractivity contribution in [3.05, 3.63) is 66.2 Å². The third kappa shape index (κ3) is 5.82. The number of hydrogen-bond donors (Lipinski definition) is 1. The van der Waals surface area contributed by atoms with Crippen LogP contribution in [0.3, 0.4) is 0 Å². The summed E-state index contributed by atoms with van der Waals surface area (Å²) in [7, 11) is 1.82. The number of nitrogens with one attached hydrogen (secondary N) is 1. The number of urea groups is 1. The lowest BCUT2D eigenvalue weighted by Crippen LogP contribution is -2.37. The van der Waals surface area contributed by atoms with E-state index in [0.29, 0.717) is 13.1 Å². The molecule has 1 N–H and O–H groups in total. The minimum atomic E-state index is -0.0198. The zero-order valence-electron chi connectivity index (χ0n) is 12.9. The molecule has 2 rings (SSSR count). The fraction of sp³-hybridized carbons (Fsp3) is 0.278. The molecule has 3 nitrogen and oxygen atoms in total. The summed E-state index contributed by atoms with van der Waals surface area (Å²) in [5.41, 5.74) is 1.14. The summed E-state index contributed by atoms with van der Waals surface area (Å²) in [5, 5.41) is 2.96. The van der Waals surface area contributed by atoms with Gasteiger partial charge in [0.05, 0.1) is 0 Å². The van der Waals surface area contributed by atoms with Crippen LogP contribution in [0, 0.1) is 0 Å². The van der Waals surface area contributed by atoms with Gasteiger partial charge in [-0.3, -0.25) is 0 Å². The average molecular weight is 314 g/mol. The molecule has 0 heterocycles. The Kier molecular flexibility index (Phi) is 6.84. The van der Waals surface area contributed by atoms with Crippen LogP contribution in [-0.4, -0.2) is 30.3 Å². The van der Waals surface area contributed by atoms with Gasteiger partial charge in [0.1, 0.15) is 0 Å². The Morgan fingerprint density at radius 3 is 2.36 bits per heavy atom. The van der Waals surface area contributed by atoms with Crippen LogP contribution in [0.4, 0.5) is 4.79 Å². The summed E-state index contributed by atoms with van der Waals surface area (Å²) in [6.07, 6.45) is 0.963. The molecule has 0 aliphatic carbocycles. The molecule has 0 atom stereocenters. The number of rotatable bonds is 7. The molecule has 2 aromatic carbocycles. The molecule has 0 bridgehead atoms. The lowest BCUT2D eigenvalue weighted by Gasteiger charge is -2.18. The van der Waals surface area contributed by atoms with Gasteiger partial charge in [0.2, 0.25) is 0 Å². The highest BCUT2D eigenvalue weighted by molar-refractivity contribution is 7.99. The van der Waals surface area contributed by atoms with Gasteiger partial charge in [-0.25, -0.2) is 4.79 Å². The number of thioether (sulfide) groups is 1. The largest absolute Gasteiger partial charge is 0.338 e. The number of hydrogen-bond acceptors (Lipinski definition) is 2. The van der Waals surface area contributed by atoms with Crippen LogP contribution in [0.5, 0.6) is 0 Å². The predicted octanol–water partition coefficient (Wildman–Crippen LogP) is 4.01. The van der Waals surface area contributed by atoms with Crippen molar-refractivity contribution in [2.24, 2.45) is 0 Å². The first kappa shape index (κ1) is 16.4. The molecule has 0 radical (unpaired) electrons. The van der Waals surface area contributed by atoms with E-state index in [4.69, 9.17) is 0 Å². The molecule has 0 spiro atoms. The first-order valence-electron chi connectivity index (χ1n) is 7.46. The molecular weight excluding hydrogens is 292 g/mol. The SMILES string of the molecule is CN(Cc1ccccc1)C(=O)NCCCSc1ccccc1. The molecule has 22 heavy (non-hydrogen) atoms. The molecular formula is C18H22N2OS. The molecule has 0 saturated heterocycles. The fourth-order valence-corrected chi connectivity index (χ4v) is 2.91. The summed E-state index contributed by atoms with van der Waals surface area (Å²) < 4.78 is 0. The van der Waals surface area contributed by atoms with E-state index in [0.717, 1.165) is 17.7 Å².